The molecule has 0 atom stereocenters. The van der Waals surface area contributed by atoms with Gasteiger partial charge in [-0.2, -0.15) is 15.0 Å². The van der Waals surface area contributed by atoms with Gasteiger partial charge in [0.05, 0.1) is 18.2 Å². The van der Waals surface area contributed by atoms with Crippen molar-refractivity contribution in [2.24, 2.45) is 0 Å². The Kier molecular flexibility index (Phi) is 4.82. The van der Waals surface area contributed by atoms with Crippen LogP contribution in [0.1, 0.15) is 21.6 Å². The van der Waals surface area contributed by atoms with E-state index in [1.54, 1.807) is 12.1 Å². The van der Waals surface area contributed by atoms with Crippen molar-refractivity contribution in [1.82, 2.24) is 19.9 Å². The molecule has 0 saturated carbocycles. The number of benzene rings is 2. The first kappa shape index (κ1) is 18.4. The molecular weight excluding hydrogens is 370 g/mol. The van der Waals surface area contributed by atoms with Crippen molar-refractivity contribution in [2.45, 2.75) is 13.5 Å². The molecule has 0 spiro atoms. The summed E-state index contributed by atoms with van der Waals surface area (Å²) in [7, 11) is 1.49. The van der Waals surface area contributed by atoms with E-state index in [9.17, 15) is 9.90 Å². The van der Waals surface area contributed by atoms with Gasteiger partial charge in [0.15, 0.2) is 5.82 Å². The van der Waals surface area contributed by atoms with Crippen molar-refractivity contribution >= 4 is 22.8 Å². The van der Waals surface area contributed by atoms with Crippen molar-refractivity contribution in [3.63, 3.8) is 0 Å². The molecule has 2 aromatic heterocycles. The Morgan fingerprint density at radius 2 is 1.90 bits per heavy atom. The Morgan fingerprint density at radius 3 is 2.62 bits per heavy atom. The summed E-state index contributed by atoms with van der Waals surface area (Å²) >= 11 is 0. The first-order chi connectivity index (χ1) is 14.1. The Balaban J connectivity index is 1.78. The lowest BCUT2D eigenvalue weighted by atomic mass is 10.1. The molecule has 0 amide bonds. The number of ether oxygens (including phenoxy) is 1. The predicted octanol–water partition coefficient (Wildman–Crippen LogP) is 3.65. The maximum atomic E-state index is 11.6. The van der Waals surface area contributed by atoms with Crippen LogP contribution in [0.3, 0.4) is 0 Å². The Labute approximate surface area is 166 Å². The van der Waals surface area contributed by atoms with Crippen LogP contribution in [0.4, 0.5) is 5.95 Å². The summed E-state index contributed by atoms with van der Waals surface area (Å²) < 4.78 is 5.25. The number of carbonyl (C=O) groups is 1. The number of fused-ring (bicyclic) bond motifs is 1. The highest BCUT2D eigenvalue weighted by Gasteiger charge is 2.19. The molecule has 0 saturated heterocycles. The number of methoxy groups -OCH3 is 1. The third kappa shape index (κ3) is 3.60. The summed E-state index contributed by atoms with van der Waals surface area (Å²) in [6.07, 6.45) is 0. The molecule has 0 aliphatic carbocycles. The zero-order valence-corrected chi connectivity index (χ0v) is 15.9. The van der Waals surface area contributed by atoms with Crippen LogP contribution in [-0.2, 0) is 6.54 Å². The first-order valence-corrected chi connectivity index (χ1v) is 8.99. The number of nitrogens with one attached hydrogen (secondary N) is 2. The molecule has 8 heteroatoms. The molecule has 0 aliphatic heterocycles. The second kappa shape index (κ2) is 7.59. The second-order valence-electron chi connectivity index (χ2n) is 6.47. The van der Waals surface area contributed by atoms with Crippen molar-refractivity contribution in [1.29, 1.82) is 0 Å². The minimum atomic E-state index is -0.998. The van der Waals surface area contributed by atoms with E-state index in [0.717, 1.165) is 16.6 Å². The van der Waals surface area contributed by atoms with Gasteiger partial charge in [-0.15, -0.1) is 0 Å². The molecule has 146 valence electrons. The van der Waals surface area contributed by atoms with Gasteiger partial charge in [-0.05, 0) is 18.6 Å². The third-order valence-electron chi connectivity index (χ3n) is 4.57. The molecule has 4 rings (SSSR count). The van der Waals surface area contributed by atoms with E-state index in [1.807, 2.05) is 43.3 Å². The molecule has 0 aliphatic rings. The fourth-order valence-electron chi connectivity index (χ4n) is 3.23. The normalized spacial score (nSPS) is 10.8. The van der Waals surface area contributed by atoms with E-state index in [0.29, 0.717) is 29.4 Å². The molecule has 8 nitrogen and oxygen atoms in total. The number of H-pyrrole nitrogens is 1. The number of para-hydroxylation sites is 1. The SMILES string of the molecule is COc1nc(NCc2ccccc2)nc(-c2c(C)[nH]c3c(C(=O)O)cccc23)n1. The van der Waals surface area contributed by atoms with E-state index < -0.39 is 5.97 Å². The largest absolute Gasteiger partial charge is 0.478 e. The highest BCUT2D eigenvalue weighted by molar-refractivity contribution is 6.07. The maximum Gasteiger partial charge on any atom is 0.337 e. The van der Waals surface area contributed by atoms with Crippen molar-refractivity contribution < 1.29 is 14.6 Å². The van der Waals surface area contributed by atoms with Gasteiger partial charge in [-0.3, -0.25) is 0 Å². The van der Waals surface area contributed by atoms with Gasteiger partial charge in [-0.1, -0.05) is 42.5 Å². The number of aromatic amines is 1. The van der Waals surface area contributed by atoms with Crippen LogP contribution >= 0.6 is 0 Å². The van der Waals surface area contributed by atoms with Crippen LogP contribution in [0.15, 0.2) is 48.5 Å². The first-order valence-electron chi connectivity index (χ1n) is 8.99. The van der Waals surface area contributed by atoms with Gasteiger partial charge in [0.25, 0.3) is 0 Å². The summed E-state index contributed by atoms with van der Waals surface area (Å²) in [5, 5.41) is 13.4. The minimum absolute atomic E-state index is 0.175. The van der Waals surface area contributed by atoms with E-state index in [4.69, 9.17) is 4.74 Å². The molecule has 2 heterocycles. The van der Waals surface area contributed by atoms with Crippen LogP contribution in [0, 0.1) is 6.92 Å². The zero-order chi connectivity index (χ0) is 20.4. The maximum absolute atomic E-state index is 11.6. The standard InChI is InChI=1S/C21H19N5O3/c1-12-16(14-9-6-10-15(19(27)28)17(14)23-12)18-24-20(26-21(25-18)29-2)22-11-13-7-4-3-5-8-13/h3-10,23H,11H2,1-2H3,(H,27,28)(H,22,24,25,26). The van der Waals surface area contributed by atoms with Gasteiger partial charge in [0, 0.05) is 23.2 Å². The third-order valence-corrected chi connectivity index (χ3v) is 4.57. The summed E-state index contributed by atoms with van der Waals surface area (Å²) in [6, 6.07) is 15.2. The minimum Gasteiger partial charge on any atom is -0.478 e. The predicted molar refractivity (Wildman–Crippen MR) is 109 cm³/mol. The van der Waals surface area contributed by atoms with E-state index in [1.165, 1.54) is 7.11 Å². The fourth-order valence-corrected chi connectivity index (χ4v) is 3.23. The number of aryl methyl sites for hydroxylation is 1. The number of hydrogen-bond donors (Lipinski definition) is 3. The number of anilines is 1. The molecule has 2 aromatic carbocycles. The Bertz CT molecular complexity index is 1190. The molecule has 4 aromatic rings. The van der Waals surface area contributed by atoms with Crippen molar-refractivity contribution in [2.75, 3.05) is 12.4 Å². The second-order valence-corrected chi connectivity index (χ2v) is 6.47. The number of carboxylic acids is 1. The fraction of sp³-hybridized carbons (Fsp3) is 0.143. The summed E-state index contributed by atoms with van der Waals surface area (Å²) in [5.74, 6) is -0.223. The summed E-state index contributed by atoms with van der Waals surface area (Å²) in [6.45, 7) is 2.40. The van der Waals surface area contributed by atoms with E-state index in [2.05, 4.69) is 25.3 Å². The van der Waals surface area contributed by atoms with Gasteiger partial charge in [0.2, 0.25) is 5.95 Å². The highest BCUT2D eigenvalue weighted by atomic mass is 16.5. The lowest BCUT2D eigenvalue weighted by Crippen LogP contribution is -2.07. The van der Waals surface area contributed by atoms with Crippen LogP contribution in [-0.4, -0.2) is 38.1 Å². The number of hydrogen-bond acceptors (Lipinski definition) is 6. The average Bonchev–Trinajstić information content (AvgIpc) is 3.08. The smallest absolute Gasteiger partial charge is 0.337 e. The van der Waals surface area contributed by atoms with Crippen LogP contribution in [0.25, 0.3) is 22.3 Å². The topological polar surface area (TPSA) is 113 Å². The molecular formula is C21H19N5O3. The lowest BCUT2D eigenvalue weighted by Gasteiger charge is -2.09. The van der Waals surface area contributed by atoms with Crippen molar-refractivity contribution in [3.05, 3.63) is 65.4 Å². The number of nitrogens with zero attached hydrogens (tertiary/aromatic N) is 3. The van der Waals surface area contributed by atoms with Gasteiger partial charge in [-0.25, -0.2) is 4.79 Å². The molecule has 29 heavy (non-hydrogen) atoms. The van der Waals surface area contributed by atoms with E-state index in [-0.39, 0.29) is 11.6 Å². The van der Waals surface area contributed by atoms with E-state index >= 15 is 0 Å². The van der Waals surface area contributed by atoms with Gasteiger partial charge >= 0.3 is 12.0 Å². The molecule has 0 fully saturated rings. The number of aromatic nitrogens is 4. The van der Waals surface area contributed by atoms with Crippen LogP contribution in [0.5, 0.6) is 6.01 Å². The zero-order valence-electron chi connectivity index (χ0n) is 15.9. The van der Waals surface area contributed by atoms with Crippen LogP contribution < -0.4 is 10.1 Å². The Hall–Kier alpha value is -3.94. The number of rotatable bonds is 6. The lowest BCUT2D eigenvalue weighted by molar-refractivity contribution is 0.0699. The quantitative estimate of drug-likeness (QED) is 0.461. The molecule has 3 N–H and O–H groups in total. The monoisotopic (exact) mass is 389 g/mol. The highest BCUT2D eigenvalue weighted by Crippen LogP contribution is 2.32. The van der Waals surface area contributed by atoms with Gasteiger partial charge in [0.1, 0.15) is 0 Å². The molecule has 0 unspecified atom stereocenters. The van der Waals surface area contributed by atoms with Crippen molar-refractivity contribution in [3.8, 4) is 17.4 Å². The number of carboxylic acid groups (broad SMARTS) is 1. The molecule has 0 bridgehead atoms. The Morgan fingerprint density at radius 1 is 1.10 bits per heavy atom. The van der Waals surface area contributed by atoms with Crippen LogP contribution in [0.2, 0.25) is 0 Å². The summed E-state index contributed by atoms with van der Waals surface area (Å²) in [5.41, 5.74) is 3.29. The number of aromatic carboxylic acids is 1. The molecule has 0 radical (unpaired) electrons. The van der Waals surface area contributed by atoms with Gasteiger partial charge < -0.3 is 20.1 Å². The average molecular weight is 389 g/mol. The summed E-state index contributed by atoms with van der Waals surface area (Å²) in [4.78, 5) is 27.9.